The van der Waals surface area contributed by atoms with Crippen LogP contribution in [0.2, 0.25) is 0 Å². The second-order valence-electron chi connectivity index (χ2n) is 5.53. The summed E-state index contributed by atoms with van der Waals surface area (Å²) in [5, 5.41) is 19.3. The average Bonchev–Trinajstić information content (AvgIpc) is 3.27. The van der Waals surface area contributed by atoms with Crippen molar-refractivity contribution in [3.8, 4) is 0 Å². The molecular weight excluding hydrogens is 292 g/mol. The van der Waals surface area contributed by atoms with Crippen LogP contribution in [0.5, 0.6) is 0 Å². The molecule has 0 spiro atoms. The van der Waals surface area contributed by atoms with Crippen LogP contribution in [-0.4, -0.2) is 43.6 Å². The molecule has 0 aromatic carbocycles. The van der Waals surface area contributed by atoms with Crippen LogP contribution in [-0.2, 0) is 26.1 Å². The summed E-state index contributed by atoms with van der Waals surface area (Å²) in [6.07, 6.45) is 6.96. The molecule has 0 unspecified atom stereocenters. The first kappa shape index (κ1) is 15.5. The van der Waals surface area contributed by atoms with Crippen molar-refractivity contribution in [2.75, 3.05) is 13.1 Å². The number of aryl methyl sites for hydroxylation is 2. The van der Waals surface area contributed by atoms with Crippen molar-refractivity contribution in [3.05, 3.63) is 30.1 Å². The van der Waals surface area contributed by atoms with E-state index in [2.05, 4.69) is 42.4 Å². The van der Waals surface area contributed by atoms with Crippen LogP contribution in [0, 0.1) is 0 Å². The Balaban J connectivity index is 1.48. The predicted molar refractivity (Wildman–Crippen MR) is 88.0 cm³/mol. The number of nitrogens with one attached hydrogen (secondary N) is 2. The lowest BCUT2D eigenvalue weighted by molar-refractivity contribution is 0.570. The van der Waals surface area contributed by atoms with Crippen molar-refractivity contribution in [3.63, 3.8) is 0 Å². The van der Waals surface area contributed by atoms with Gasteiger partial charge in [0.05, 0.1) is 0 Å². The van der Waals surface area contributed by atoms with Gasteiger partial charge in [0.25, 0.3) is 0 Å². The average molecular weight is 316 g/mol. The lowest BCUT2D eigenvalue weighted by Gasteiger charge is -2.11. The van der Waals surface area contributed by atoms with E-state index in [9.17, 15) is 0 Å². The van der Waals surface area contributed by atoms with Crippen LogP contribution in [0.1, 0.15) is 31.4 Å². The van der Waals surface area contributed by atoms with Crippen LogP contribution in [0.4, 0.5) is 0 Å². The number of hydrogen-bond donors (Lipinski definition) is 2. The molecule has 0 fully saturated rings. The van der Waals surface area contributed by atoms with Gasteiger partial charge in [0.15, 0.2) is 11.8 Å². The first-order valence-corrected chi connectivity index (χ1v) is 8.27. The van der Waals surface area contributed by atoms with E-state index in [0.29, 0.717) is 6.54 Å². The zero-order chi connectivity index (χ0) is 15.9. The van der Waals surface area contributed by atoms with Gasteiger partial charge in [-0.05, 0) is 25.8 Å². The molecule has 8 heteroatoms. The Hall–Kier alpha value is -2.38. The molecule has 23 heavy (non-hydrogen) atoms. The van der Waals surface area contributed by atoms with E-state index in [1.54, 1.807) is 6.20 Å². The molecule has 0 saturated carbocycles. The third kappa shape index (κ3) is 4.08. The smallest absolute Gasteiger partial charge is 0.191 e. The Bertz CT molecular complexity index is 628. The lowest BCUT2D eigenvalue weighted by atomic mass is 10.4. The Kier molecular flexibility index (Phi) is 5.23. The summed E-state index contributed by atoms with van der Waals surface area (Å²) in [6, 6.07) is 1.94. The molecule has 0 bridgehead atoms. The van der Waals surface area contributed by atoms with Gasteiger partial charge in [0.1, 0.15) is 12.4 Å². The third-order valence-electron chi connectivity index (χ3n) is 3.82. The van der Waals surface area contributed by atoms with Crippen LogP contribution >= 0.6 is 0 Å². The third-order valence-corrected chi connectivity index (χ3v) is 3.82. The van der Waals surface area contributed by atoms with E-state index in [1.807, 2.05) is 16.9 Å². The monoisotopic (exact) mass is 316 g/mol. The summed E-state index contributed by atoms with van der Waals surface area (Å²) in [6.45, 7) is 6.22. The molecule has 2 aromatic rings. The van der Waals surface area contributed by atoms with Crippen molar-refractivity contribution in [1.29, 1.82) is 0 Å². The molecule has 0 saturated heterocycles. The number of aliphatic imine (C=N–C) groups is 1. The van der Waals surface area contributed by atoms with Crippen molar-refractivity contribution in [2.24, 2.45) is 4.99 Å². The number of fused-ring (bicyclic) bond motifs is 1. The second kappa shape index (κ2) is 7.75. The van der Waals surface area contributed by atoms with Gasteiger partial charge in [-0.25, -0.2) is 4.99 Å². The molecule has 0 aliphatic carbocycles. The van der Waals surface area contributed by atoms with E-state index < -0.39 is 0 Å². The fourth-order valence-electron chi connectivity index (χ4n) is 2.70. The highest BCUT2D eigenvalue weighted by Crippen LogP contribution is 2.14. The molecule has 0 atom stereocenters. The maximum absolute atomic E-state index is 4.62. The van der Waals surface area contributed by atoms with Crippen molar-refractivity contribution >= 4 is 5.96 Å². The van der Waals surface area contributed by atoms with E-state index >= 15 is 0 Å². The number of rotatable bonds is 7. The standard InChI is InChI=1S/C15H24N8/c1-2-16-15(17-7-4-9-22-10-5-8-19-22)18-12-14-21-20-13-6-3-11-23(13)14/h5,8,10H,2-4,6-7,9,11-12H2,1H3,(H2,16,17,18). The van der Waals surface area contributed by atoms with Gasteiger partial charge in [-0.2, -0.15) is 5.10 Å². The van der Waals surface area contributed by atoms with E-state index in [-0.39, 0.29) is 0 Å². The number of nitrogens with zero attached hydrogens (tertiary/aromatic N) is 6. The molecule has 0 amide bonds. The van der Waals surface area contributed by atoms with Crippen LogP contribution in [0.15, 0.2) is 23.5 Å². The summed E-state index contributed by atoms with van der Waals surface area (Å²) in [5.41, 5.74) is 0. The number of aromatic nitrogens is 5. The molecule has 2 N–H and O–H groups in total. The highest BCUT2D eigenvalue weighted by molar-refractivity contribution is 5.79. The summed E-state index contributed by atoms with van der Waals surface area (Å²) in [5.74, 6) is 2.86. The van der Waals surface area contributed by atoms with Gasteiger partial charge < -0.3 is 15.2 Å². The van der Waals surface area contributed by atoms with Gasteiger partial charge in [0.2, 0.25) is 0 Å². The SMILES string of the molecule is CCNC(=NCc1nnc2n1CCC2)NCCCn1cccn1. The molecular formula is C15H24N8. The van der Waals surface area contributed by atoms with Gasteiger partial charge in [-0.15, -0.1) is 10.2 Å². The topological polar surface area (TPSA) is 85.0 Å². The normalized spacial score (nSPS) is 14.0. The quantitative estimate of drug-likeness (QED) is 0.443. The number of guanidine groups is 1. The fraction of sp³-hybridized carbons (Fsp3) is 0.600. The van der Waals surface area contributed by atoms with Gasteiger partial charge in [0, 0.05) is 45.0 Å². The highest BCUT2D eigenvalue weighted by Gasteiger charge is 2.16. The molecule has 124 valence electrons. The maximum atomic E-state index is 4.62. The zero-order valence-corrected chi connectivity index (χ0v) is 13.6. The van der Waals surface area contributed by atoms with Crippen molar-refractivity contribution in [2.45, 2.75) is 45.8 Å². The van der Waals surface area contributed by atoms with Gasteiger partial charge >= 0.3 is 0 Å². The van der Waals surface area contributed by atoms with Gasteiger partial charge in [-0.3, -0.25) is 4.68 Å². The molecule has 1 aliphatic heterocycles. The molecule has 2 aromatic heterocycles. The fourth-order valence-corrected chi connectivity index (χ4v) is 2.70. The molecule has 3 heterocycles. The first-order valence-electron chi connectivity index (χ1n) is 8.27. The predicted octanol–water partition coefficient (Wildman–Crippen LogP) is 0.566. The maximum Gasteiger partial charge on any atom is 0.191 e. The van der Waals surface area contributed by atoms with E-state index in [1.165, 1.54) is 0 Å². The Morgan fingerprint density at radius 3 is 3.13 bits per heavy atom. The minimum absolute atomic E-state index is 0.557. The highest BCUT2D eigenvalue weighted by atomic mass is 15.3. The van der Waals surface area contributed by atoms with E-state index in [4.69, 9.17) is 0 Å². The van der Waals surface area contributed by atoms with Crippen LogP contribution in [0.25, 0.3) is 0 Å². The zero-order valence-electron chi connectivity index (χ0n) is 13.6. The summed E-state index contributed by atoms with van der Waals surface area (Å²) in [4.78, 5) is 4.62. The molecule has 1 aliphatic rings. The van der Waals surface area contributed by atoms with Gasteiger partial charge in [-0.1, -0.05) is 0 Å². The Morgan fingerprint density at radius 1 is 1.35 bits per heavy atom. The number of hydrogen-bond acceptors (Lipinski definition) is 4. The lowest BCUT2D eigenvalue weighted by Crippen LogP contribution is -2.38. The largest absolute Gasteiger partial charge is 0.357 e. The minimum Gasteiger partial charge on any atom is -0.357 e. The Morgan fingerprint density at radius 2 is 2.30 bits per heavy atom. The summed E-state index contributed by atoms with van der Waals surface area (Å²) >= 11 is 0. The summed E-state index contributed by atoms with van der Waals surface area (Å²) < 4.78 is 4.12. The van der Waals surface area contributed by atoms with Crippen LogP contribution < -0.4 is 10.6 Å². The second-order valence-corrected chi connectivity index (χ2v) is 5.53. The Labute approximate surface area is 136 Å². The molecule has 3 rings (SSSR count). The van der Waals surface area contributed by atoms with Crippen molar-refractivity contribution in [1.82, 2.24) is 35.2 Å². The minimum atomic E-state index is 0.557. The first-order chi connectivity index (χ1) is 11.4. The molecule has 0 radical (unpaired) electrons. The van der Waals surface area contributed by atoms with Crippen LogP contribution in [0.3, 0.4) is 0 Å². The molecule has 8 nitrogen and oxygen atoms in total. The van der Waals surface area contributed by atoms with E-state index in [0.717, 1.165) is 63.0 Å². The van der Waals surface area contributed by atoms with Crippen molar-refractivity contribution < 1.29 is 0 Å². The summed E-state index contributed by atoms with van der Waals surface area (Å²) in [7, 11) is 0.